The molecule has 1 aliphatic rings. The zero-order valence-corrected chi connectivity index (χ0v) is 15.8. The zero-order chi connectivity index (χ0) is 17.2. The van der Waals surface area contributed by atoms with Crippen LogP contribution in [0.2, 0.25) is 0 Å². The van der Waals surface area contributed by atoms with E-state index in [1.54, 1.807) is 24.3 Å². The van der Waals surface area contributed by atoms with Crippen molar-refractivity contribution in [1.82, 2.24) is 0 Å². The maximum Gasteiger partial charge on any atom is 0.180 e. The van der Waals surface area contributed by atoms with Crippen molar-refractivity contribution in [2.24, 2.45) is 0 Å². The van der Waals surface area contributed by atoms with E-state index in [2.05, 4.69) is 4.90 Å². The first-order valence-corrected chi connectivity index (χ1v) is 9.65. The third kappa shape index (κ3) is 4.19. The summed E-state index contributed by atoms with van der Waals surface area (Å²) in [5.74, 6) is 0.612. The fourth-order valence-electron chi connectivity index (χ4n) is 3.10. The van der Waals surface area contributed by atoms with Gasteiger partial charge >= 0.3 is 0 Å². The van der Waals surface area contributed by atoms with Crippen LogP contribution in [0.15, 0.2) is 47.4 Å². The summed E-state index contributed by atoms with van der Waals surface area (Å²) in [5.41, 5.74) is 9.02. The van der Waals surface area contributed by atoms with Crippen LogP contribution in [0.1, 0.15) is 12.0 Å². The predicted molar refractivity (Wildman–Crippen MR) is 104 cm³/mol. The van der Waals surface area contributed by atoms with Crippen LogP contribution in [0.3, 0.4) is 0 Å². The zero-order valence-electron chi connectivity index (χ0n) is 14.1. The van der Waals surface area contributed by atoms with Crippen molar-refractivity contribution < 1.29 is 13.2 Å². The smallest absolute Gasteiger partial charge is 0.180 e. The van der Waals surface area contributed by atoms with E-state index in [0.717, 1.165) is 36.3 Å². The highest BCUT2D eigenvalue weighted by Gasteiger charge is 2.22. The number of methoxy groups -OCH3 is 1. The molecule has 1 aliphatic heterocycles. The van der Waals surface area contributed by atoms with E-state index in [4.69, 9.17) is 10.5 Å². The Morgan fingerprint density at radius 1 is 1.20 bits per heavy atom. The minimum atomic E-state index is -3.36. The Balaban J connectivity index is 0.00000225. The van der Waals surface area contributed by atoms with Crippen LogP contribution >= 0.6 is 12.4 Å². The quantitative estimate of drug-likeness (QED) is 0.805. The summed E-state index contributed by atoms with van der Waals surface area (Å²) in [6.45, 7) is 1.31. The Morgan fingerprint density at radius 2 is 1.96 bits per heavy atom. The Labute approximate surface area is 155 Å². The van der Waals surface area contributed by atoms with Gasteiger partial charge in [-0.3, -0.25) is 0 Å². The number of nitrogens with two attached hydrogens (primary N) is 1. The number of hydrogen-bond donors (Lipinski definition) is 1. The standard InChI is InChI=1S/C18H22N2O3S.ClH/c1-23-14-5-2-6-15(13-14)24(21,22)12-11-20-10-4-7-16-17(19)8-3-9-18(16)20;/h2-3,5-6,8-9,13H,4,7,10-12,19H2,1H3;1H. The number of nitrogen functional groups attached to an aromatic ring is 1. The first-order valence-electron chi connectivity index (χ1n) is 8.00. The molecule has 0 saturated heterocycles. The molecule has 0 bridgehead atoms. The summed E-state index contributed by atoms with van der Waals surface area (Å²) in [7, 11) is -1.83. The van der Waals surface area contributed by atoms with Gasteiger partial charge < -0.3 is 15.4 Å². The Bertz CT molecular complexity index is 840. The van der Waals surface area contributed by atoms with Gasteiger partial charge in [0.2, 0.25) is 0 Å². The lowest BCUT2D eigenvalue weighted by Crippen LogP contribution is -2.34. The monoisotopic (exact) mass is 382 g/mol. The average molecular weight is 383 g/mol. The largest absolute Gasteiger partial charge is 0.497 e. The number of hydrogen-bond acceptors (Lipinski definition) is 5. The van der Waals surface area contributed by atoms with E-state index in [9.17, 15) is 8.42 Å². The van der Waals surface area contributed by atoms with Crippen molar-refractivity contribution >= 4 is 33.6 Å². The molecule has 0 saturated carbocycles. The first-order chi connectivity index (χ1) is 11.5. The molecule has 3 rings (SSSR count). The molecule has 2 aromatic carbocycles. The van der Waals surface area contributed by atoms with Gasteiger partial charge in [0.05, 0.1) is 17.8 Å². The van der Waals surface area contributed by atoms with Crippen molar-refractivity contribution in [3.63, 3.8) is 0 Å². The van der Waals surface area contributed by atoms with E-state index in [-0.39, 0.29) is 18.2 Å². The second-order valence-electron chi connectivity index (χ2n) is 5.93. The molecular formula is C18H23ClN2O3S. The molecule has 0 atom stereocenters. The Hall–Kier alpha value is -1.92. The fraction of sp³-hybridized carbons (Fsp3) is 0.333. The van der Waals surface area contributed by atoms with Crippen molar-refractivity contribution in [2.45, 2.75) is 17.7 Å². The highest BCUT2D eigenvalue weighted by molar-refractivity contribution is 7.91. The van der Waals surface area contributed by atoms with Crippen LogP contribution in [0, 0.1) is 0 Å². The molecule has 0 unspecified atom stereocenters. The third-order valence-corrected chi connectivity index (χ3v) is 6.11. The number of anilines is 2. The number of halogens is 1. The molecule has 0 radical (unpaired) electrons. The van der Waals surface area contributed by atoms with Gasteiger partial charge in [-0.25, -0.2) is 8.42 Å². The van der Waals surface area contributed by atoms with E-state index in [0.29, 0.717) is 17.2 Å². The van der Waals surface area contributed by atoms with Gasteiger partial charge in [0.15, 0.2) is 9.84 Å². The van der Waals surface area contributed by atoms with Crippen LogP contribution in [0.5, 0.6) is 5.75 Å². The number of fused-ring (bicyclic) bond motifs is 1. The van der Waals surface area contributed by atoms with Gasteiger partial charge in [-0.15, -0.1) is 12.4 Å². The maximum atomic E-state index is 12.6. The maximum absolute atomic E-state index is 12.6. The normalized spacial score (nSPS) is 13.7. The molecule has 2 aromatic rings. The van der Waals surface area contributed by atoms with Crippen LogP contribution in [-0.4, -0.2) is 34.4 Å². The molecule has 2 N–H and O–H groups in total. The molecule has 7 heteroatoms. The number of nitrogens with zero attached hydrogens (tertiary/aromatic N) is 1. The Morgan fingerprint density at radius 3 is 2.72 bits per heavy atom. The molecule has 0 fully saturated rings. The van der Waals surface area contributed by atoms with Crippen molar-refractivity contribution in [3.05, 3.63) is 48.0 Å². The highest BCUT2D eigenvalue weighted by atomic mass is 35.5. The second-order valence-corrected chi connectivity index (χ2v) is 8.04. The number of rotatable bonds is 5. The predicted octanol–water partition coefficient (Wildman–Crippen LogP) is 2.93. The molecule has 0 aromatic heterocycles. The lowest BCUT2D eigenvalue weighted by atomic mass is 10.00. The summed E-state index contributed by atoms with van der Waals surface area (Å²) in [6, 6.07) is 12.4. The molecule has 5 nitrogen and oxygen atoms in total. The van der Waals surface area contributed by atoms with Gasteiger partial charge in [0.25, 0.3) is 0 Å². The van der Waals surface area contributed by atoms with E-state index >= 15 is 0 Å². The molecule has 0 amide bonds. The first kappa shape index (κ1) is 19.4. The van der Waals surface area contributed by atoms with Crippen molar-refractivity contribution in [3.8, 4) is 5.75 Å². The molecular weight excluding hydrogens is 360 g/mol. The Kier molecular flexibility index (Phi) is 6.19. The minimum Gasteiger partial charge on any atom is -0.497 e. The van der Waals surface area contributed by atoms with Gasteiger partial charge in [0.1, 0.15) is 5.75 Å². The summed E-state index contributed by atoms with van der Waals surface area (Å²) < 4.78 is 30.3. The van der Waals surface area contributed by atoms with Crippen LogP contribution < -0.4 is 15.4 Å². The molecule has 25 heavy (non-hydrogen) atoms. The highest BCUT2D eigenvalue weighted by Crippen LogP contribution is 2.31. The van der Waals surface area contributed by atoms with E-state index in [1.807, 2.05) is 18.2 Å². The van der Waals surface area contributed by atoms with Crippen LogP contribution in [0.4, 0.5) is 11.4 Å². The minimum absolute atomic E-state index is 0. The van der Waals surface area contributed by atoms with E-state index < -0.39 is 9.84 Å². The lowest BCUT2D eigenvalue weighted by Gasteiger charge is -2.32. The molecule has 136 valence electrons. The molecule has 0 aliphatic carbocycles. The summed E-state index contributed by atoms with van der Waals surface area (Å²) in [5, 5.41) is 0. The molecule has 0 spiro atoms. The topological polar surface area (TPSA) is 72.6 Å². The van der Waals surface area contributed by atoms with Gasteiger partial charge in [-0.1, -0.05) is 12.1 Å². The van der Waals surface area contributed by atoms with Gasteiger partial charge in [-0.2, -0.15) is 0 Å². The van der Waals surface area contributed by atoms with Crippen LogP contribution in [0.25, 0.3) is 0 Å². The molecule has 1 heterocycles. The van der Waals surface area contributed by atoms with E-state index in [1.165, 1.54) is 7.11 Å². The lowest BCUT2D eigenvalue weighted by molar-refractivity contribution is 0.413. The van der Waals surface area contributed by atoms with Gasteiger partial charge in [0, 0.05) is 24.5 Å². The summed E-state index contributed by atoms with van der Waals surface area (Å²) in [4.78, 5) is 2.42. The number of ether oxygens (including phenoxy) is 1. The SMILES string of the molecule is COc1cccc(S(=O)(=O)CCN2CCCc3c(N)cccc32)c1.Cl. The summed E-state index contributed by atoms with van der Waals surface area (Å²) >= 11 is 0. The summed E-state index contributed by atoms with van der Waals surface area (Å²) in [6.07, 6.45) is 1.93. The fourth-order valence-corrected chi connectivity index (χ4v) is 4.38. The third-order valence-electron chi connectivity index (χ3n) is 4.41. The van der Waals surface area contributed by atoms with Gasteiger partial charge in [-0.05, 0) is 48.7 Å². The van der Waals surface area contributed by atoms with Crippen LogP contribution in [-0.2, 0) is 16.3 Å². The second kappa shape index (κ2) is 7.97. The van der Waals surface area contributed by atoms with Crippen molar-refractivity contribution in [2.75, 3.05) is 36.6 Å². The van der Waals surface area contributed by atoms with Crippen molar-refractivity contribution in [1.29, 1.82) is 0 Å². The average Bonchev–Trinajstić information content (AvgIpc) is 2.60. The number of sulfone groups is 1. The number of benzene rings is 2.